The third-order valence-corrected chi connectivity index (χ3v) is 4.21. The van der Waals surface area contributed by atoms with E-state index in [1.807, 2.05) is 36.4 Å². The maximum Gasteiger partial charge on any atom is 0.308 e. The van der Waals surface area contributed by atoms with Gasteiger partial charge in [0.1, 0.15) is 18.6 Å². The lowest BCUT2D eigenvalue weighted by Crippen LogP contribution is -2.33. The van der Waals surface area contributed by atoms with Gasteiger partial charge in [0, 0.05) is 6.92 Å². The highest BCUT2D eigenvalue weighted by atomic mass is 16.6. The average Bonchev–Trinajstić information content (AvgIpc) is 2.99. The molecule has 1 heterocycles. The van der Waals surface area contributed by atoms with Gasteiger partial charge in [-0.05, 0) is 35.8 Å². The lowest BCUT2D eigenvalue weighted by atomic mass is 10.1. The van der Waals surface area contributed by atoms with Crippen LogP contribution in [0.1, 0.15) is 18.1 Å². The smallest absolute Gasteiger partial charge is 0.308 e. The summed E-state index contributed by atoms with van der Waals surface area (Å²) < 4.78 is 16.3. The summed E-state index contributed by atoms with van der Waals surface area (Å²) >= 11 is 0. The molecule has 0 saturated heterocycles. The number of carbonyl (C=O) groups excluding carboxylic acids is 1. The molecule has 1 aliphatic heterocycles. The van der Waals surface area contributed by atoms with Gasteiger partial charge >= 0.3 is 5.97 Å². The predicted octanol–water partition coefficient (Wildman–Crippen LogP) is 2.55. The Labute approximate surface area is 158 Å². The molecule has 1 unspecified atom stereocenters. The average molecular weight is 369 g/mol. The first-order valence-corrected chi connectivity index (χ1v) is 8.73. The second-order valence-electron chi connectivity index (χ2n) is 6.29. The predicted molar refractivity (Wildman–Crippen MR) is 100 cm³/mol. The molecule has 142 valence electrons. The van der Waals surface area contributed by atoms with E-state index in [9.17, 15) is 9.90 Å². The number of benzene rings is 2. The standard InChI is InChI=1S/C21H23NO5/c1-14(23)27-20-11-16(8-9-18(20)25-2)13-26-19-12-21(24)22-17(19)10-15-6-4-3-5-7-15/h3-9,11-12,17,21-22,24H,10,13H2,1-2H3/t17-,21?/m0/s1. The molecule has 0 aromatic heterocycles. The van der Waals surface area contributed by atoms with Crippen LogP contribution in [0, 0.1) is 0 Å². The van der Waals surface area contributed by atoms with Crippen molar-refractivity contribution in [3.63, 3.8) is 0 Å². The van der Waals surface area contributed by atoms with Crippen LogP contribution in [0.5, 0.6) is 11.5 Å². The van der Waals surface area contributed by atoms with Gasteiger partial charge in [-0.2, -0.15) is 0 Å². The van der Waals surface area contributed by atoms with E-state index < -0.39 is 12.2 Å². The van der Waals surface area contributed by atoms with Crippen molar-refractivity contribution in [2.75, 3.05) is 7.11 Å². The molecule has 0 radical (unpaired) electrons. The number of hydrogen-bond donors (Lipinski definition) is 2. The molecule has 0 aliphatic carbocycles. The summed E-state index contributed by atoms with van der Waals surface area (Å²) in [6.45, 7) is 1.62. The van der Waals surface area contributed by atoms with Crippen molar-refractivity contribution < 1.29 is 24.1 Å². The molecule has 2 aromatic carbocycles. The number of aliphatic hydroxyl groups is 1. The van der Waals surface area contributed by atoms with Crippen molar-refractivity contribution in [2.45, 2.75) is 32.2 Å². The first-order chi connectivity index (χ1) is 13.0. The van der Waals surface area contributed by atoms with Gasteiger partial charge in [-0.15, -0.1) is 0 Å². The molecular weight excluding hydrogens is 346 g/mol. The van der Waals surface area contributed by atoms with E-state index in [1.165, 1.54) is 14.0 Å². The third kappa shape index (κ3) is 5.09. The normalized spacial score (nSPS) is 18.7. The van der Waals surface area contributed by atoms with Gasteiger partial charge in [-0.25, -0.2) is 0 Å². The minimum absolute atomic E-state index is 0.103. The molecule has 0 spiro atoms. The van der Waals surface area contributed by atoms with Gasteiger partial charge in [0.05, 0.1) is 13.2 Å². The zero-order chi connectivity index (χ0) is 19.2. The van der Waals surface area contributed by atoms with Crippen molar-refractivity contribution in [1.82, 2.24) is 5.32 Å². The van der Waals surface area contributed by atoms with Crippen molar-refractivity contribution >= 4 is 5.97 Å². The topological polar surface area (TPSA) is 77.0 Å². The lowest BCUT2D eigenvalue weighted by Gasteiger charge is -2.17. The van der Waals surface area contributed by atoms with E-state index >= 15 is 0 Å². The highest BCUT2D eigenvalue weighted by Crippen LogP contribution is 2.29. The van der Waals surface area contributed by atoms with Crippen molar-refractivity contribution in [1.29, 1.82) is 0 Å². The molecule has 0 amide bonds. The number of carbonyl (C=O) groups is 1. The number of aliphatic hydroxyl groups excluding tert-OH is 1. The van der Waals surface area contributed by atoms with Crippen LogP contribution >= 0.6 is 0 Å². The molecule has 0 fully saturated rings. The fourth-order valence-electron chi connectivity index (χ4n) is 2.98. The zero-order valence-corrected chi connectivity index (χ0v) is 15.3. The minimum Gasteiger partial charge on any atom is -0.493 e. The van der Waals surface area contributed by atoms with E-state index in [0.717, 1.165) is 11.1 Å². The molecule has 6 heteroatoms. The van der Waals surface area contributed by atoms with Crippen LogP contribution in [0.2, 0.25) is 0 Å². The van der Waals surface area contributed by atoms with Gasteiger partial charge < -0.3 is 19.3 Å². The number of esters is 1. The molecule has 1 aliphatic rings. The summed E-state index contributed by atoms with van der Waals surface area (Å²) in [7, 11) is 1.52. The molecule has 3 rings (SSSR count). The maximum atomic E-state index is 11.3. The molecule has 0 saturated carbocycles. The summed E-state index contributed by atoms with van der Waals surface area (Å²) in [5, 5.41) is 13.0. The Morgan fingerprint density at radius 2 is 1.89 bits per heavy atom. The Morgan fingerprint density at radius 3 is 2.59 bits per heavy atom. The molecule has 27 heavy (non-hydrogen) atoms. The Morgan fingerprint density at radius 1 is 1.11 bits per heavy atom. The fourth-order valence-corrected chi connectivity index (χ4v) is 2.98. The Hall–Kier alpha value is -2.83. The van der Waals surface area contributed by atoms with E-state index in [1.54, 1.807) is 18.2 Å². The van der Waals surface area contributed by atoms with E-state index in [2.05, 4.69) is 5.32 Å². The Kier molecular flexibility index (Phi) is 6.11. The number of ether oxygens (including phenoxy) is 3. The molecular formula is C21H23NO5. The van der Waals surface area contributed by atoms with Crippen LogP contribution in [-0.2, 0) is 22.6 Å². The minimum atomic E-state index is -0.735. The lowest BCUT2D eigenvalue weighted by molar-refractivity contribution is -0.132. The summed E-state index contributed by atoms with van der Waals surface area (Å²) in [5.41, 5.74) is 1.98. The molecule has 2 atom stereocenters. The van der Waals surface area contributed by atoms with Crippen LogP contribution in [-0.4, -0.2) is 30.5 Å². The Balaban J connectivity index is 1.67. The number of methoxy groups -OCH3 is 1. The maximum absolute atomic E-state index is 11.3. The second kappa shape index (κ2) is 8.70. The van der Waals surface area contributed by atoms with E-state index in [4.69, 9.17) is 14.2 Å². The number of nitrogens with one attached hydrogen (secondary N) is 1. The van der Waals surface area contributed by atoms with Gasteiger partial charge in [0.2, 0.25) is 0 Å². The third-order valence-electron chi connectivity index (χ3n) is 4.21. The summed E-state index contributed by atoms with van der Waals surface area (Å²) in [5.74, 6) is 1.11. The monoisotopic (exact) mass is 369 g/mol. The summed E-state index contributed by atoms with van der Waals surface area (Å²) in [4.78, 5) is 11.3. The van der Waals surface area contributed by atoms with Crippen LogP contribution in [0.3, 0.4) is 0 Å². The second-order valence-corrected chi connectivity index (χ2v) is 6.29. The summed E-state index contributed by atoms with van der Waals surface area (Å²) in [6, 6.07) is 15.2. The number of rotatable bonds is 7. The highest BCUT2D eigenvalue weighted by molar-refractivity contribution is 5.70. The molecule has 0 bridgehead atoms. The summed E-state index contributed by atoms with van der Waals surface area (Å²) in [6.07, 6.45) is 1.65. The van der Waals surface area contributed by atoms with Crippen molar-refractivity contribution in [3.05, 3.63) is 71.5 Å². The van der Waals surface area contributed by atoms with Crippen LogP contribution in [0.15, 0.2) is 60.4 Å². The van der Waals surface area contributed by atoms with Gasteiger partial charge in [-0.3, -0.25) is 10.1 Å². The van der Waals surface area contributed by atoms with Crippen molar-refractivity contribution in [2.24, 2.45) is 0 Å². The van der Waals surface area contributed by atoms with Crippen LogP contribution in [0.4, 0.5) is 0 Å². The van der Waals surface area contributed by atoms with Crippen molar-refractivity contribution in [3.8, 4) is 11.5 Å². The molecule has 2 aromatic rings. The first-order valence-electron chi connectivity index (χ1n) is 8.73. The fraction of sp³-hybridized carbons (Fsp3) is 0.286. The highest BCUT2D eigenvalue weighted by Gasteiger charge is 2.26. The molecule has 2 N–H and O–H groups in total. The van der Waals surface area contributed by atoms with E-state index in [0.29, 0.717) is 23.7 Å². The van der Waals surface area contributed by atoms with Gasteiger partial charge in [0.25, 0.3) is 0 Å². The quantitative estimate of drug-likeness (QED) is 0.577. The zero-order valence-electron chi connectivity index (χ0n) is 15.3. The molecule has 6 nitrogen and oxygen atoms in total. The van der Waals surface area contributed by atoms with E-state index in [-0.39, 0.29) is 12.6 Å². The largest absolute Gasteiger partial charge is 0.493 e. The number of hydrogen-bond acceptors (Lipinski definition) is 6. The SMILES string of the molecule is COc1ccc(COC2=CC(O)N[C@H]2Cc2ccccc2)cc1OC(C)=O. The Bertz CT molecular complexity index is 819. The van der Waals surface area contributed by atoms with Crippen LogP contribution < -0.4 is 14.8 Å². The first kappa shape index (κ1) is 18.9. The van der Waals surface area contributed by atoms with Gasteiger partial charge in [0.15, 0.2) is 11.5 Å². The van der Waals surface area contributed by atoms with Gasteiger partial charge in [-0.1, -0.05) is 36.4 Å². The van der Waals surface area contributed by atoms with Crippen LogP contribution in [0.25, 0.3) is 0 Å².